The quantitative estimate of drug-likeness (QED) is 0.656. The monoisotopic (exact) mass is 221 g/mol. The molecule has 11 heavy (non-hydrogen) atoms. The van der Waals surface area contributed by atoms with Gasteiger partial charge in [0.25, 0.3) is 0 Å². The highest BCUT2D eigenvalue weighted by atomic mass is 79.9. The van der Waals surface area contributed by atoms with Gasteiger partial charge < -0.3 is 9.57 Å². The molecule has 0 spiro atoms. The van der Waals surface area contributed by atoms with Crippen LogP contribution >= 0.6 is 15.9 Å². The molecule has 0 radical (unpaired) electrons. The van der Waals surface area contributed by atoms with Crippen LogP contribution in [0, 0.1) is 0 Å². The molecule has 0 bridgehead atoms. The molecule has 0 N–H and O–H groups in total. The van der Waals surface area contributed by atoms with Gasteiger partial charge in [0.2, 0.25) is 6.10 Å². The van der Waals surface area contributed by atoms with E-state index in [2.05, 4.69) is 21.1 Å². The second-order valence-corrected chi connectivity index (χ2v) is 2.93. The summed E-state index contributed by atoms with van der Waals surface area (Å²) in [6, 6.07) is 0. The van der Waals surface area contributed by atoms with Crippen molar-refractivity contribution >= 4 is 26.5 Å². The number of ether oxygens (including phenoxy) is 1. The molecule has 0 amide bonds. The summed E-state index contributed by atoms with van der Waals surface area (Å²) in [5, 5.41) is 3.55. The predicted octanol–water partition coefficient (Wildman–Crippen LogP) is 1.05. The number of hydrogen-bond acceptors (Lipinski definition) is 4. The highest BCUT2D eigenvalue weighted by Crippen LogP contribution is 2.15. The summed E-state index contributed by atoms with van der Waals surface area (Å²) in [4.78, 5) is 15.7. The van der Waals surface area contributed by atoms with Gasteiger partial charge in [-0.15, -0.1) is 0 Å². The van der Waals surface area contributed by atoms with Crippen LogP contribution in [0.1, 0.15) is 13.3 Å². The fourth-order valence-corrected chi connectivity index (χ4v) is 1.09. The van der Waals surface area contributed by atoms with Crippen molar-refractivity contribution in [2.24, 2.45) is 5.16 Å². The Kier molecular flexibility index (Phi) is 2.87. The van der Waals surface area contributed by atoms with Crippen molar-refractivity contribution in [2.75, 3.05) is 6.61 Å². The molecule has 5 heteroatoms. The average molecular weight is 222 g/mol. The normalized spacial score (nSPS) is 22.4. The Morgan fingerprint density at radius 2 is 2.73 bits per heavy atom. The van der Waals surface area contributed by atoms with Gasteiger partial charge in [-0.3, -0.25) is 0 Å². The Balaban J connectivity index is 2.34. The predicted molar refractivity (Wildman–Crippen MR) is 42.5 cm³/mol. The van der Waals surface area contributed by atoms with Crippen LogP contribution in [-0.4, -0.2) is 23.3 Å². The van der Waals surface area contributed by atoms with E-state index in [1.165, 1.54) is 0 Å². The SMILES string of the molecule is CCOC(=O)[C@@H]1CC(Br)=NO1. The molecule has 0 aliphatic carbocycles. The van der Waals surface area contributed by atoms with E-state index in [1.807, 2.05) is 0 Å². The van der Waals surface area contributed by atoms with Gasteiger partial charge in [-0.25, -0.2) is 4.79 Å². The maximum Gasteiger partial charge on any atom is 0.350 e. The van der Waals surface area contributed by atoms with Crippen molar-refractivity contribution in [1.29, 1.82) is 0 Å². The highest BCUT2D eigenvalue weighted by Gasteiger charge is 2.27. The lowest BCUT2D eigenvalue weighted by Crippen LogP contribution is -2.22. The van der Waals surface area contributed by atoms with Gasteiger partial charge in [0.15, 0.2) is 0 Å². The van der Waals surface area contributed by atoms with Crippen molar-refractivity contribution in [1.82, 2.24) is 0 Å². The summed E-state index contributed by atoms with van der Waals surface area (Å²) in [7, 11) is 0. The third-order valence-electron chi connectivity index (χ3n) is 1.18. The fraction of sp³-hybridized carbons (Fsp3) is 0.667. The van der Waals surface area contributed by atoms with Gasteiger partial charge in [-0.1, -0.05) is 5.16 Å². The van der Waals surface area contributed by atoms with Crippen molar-refractivity contribution in [3.8, 4) is 0 Å². The largest absolute Gasteiger partial charge is 0.463 e. The second kappa shape index (κ2) is 3.71. The molecular formula is C6H8BrNO3. The van der Waals surface area contributed by atoms with E-state index in [4.69, 9.17) is 9.57 Å². The van der Waals surface area contributed by atoms with Crippen LogP contribution in [0.5, 0.6) is 0 Å². The van der Waals surface area contributed by atoms with E-state index in [-0.39, 0.29) is 5.97 Å². The zero-order chi connectivity index (χ0) is 8.27. The van der Waals surface area contributed by atoms with E-state index in [9.17, 15) is 4.79 Å². The summed E-state index contributed by atoms with van der Waals surface area (Å²) >= 11 is 3.12. The summed E-state index contributed by atoms with van der Waals surface area (Å²) in [6.45, 7) is 2.12. The minimum atomic E-state index is -0.552. The van der Waals surface area contributed by atoms with Crippen LogP contribution in [0.3, 0.4) is 0 Å². The van der Waals surface area contributed by atoms with Gasteiger partial charge >= 0.3 is 5.97 Å². The maximum atomic E-state index is 10.9. The average Bonchev–Trinajstić information content (AvgIpc) is 2.36. The summed E-state index contributed by atoms with van der Waals surface area (Å²) in [6.07, 6.45) is -0.0805. The van der Waals surface area contributed by atoms with Crippen molar-refractivity contribution in [3.05, 3.63) is 0 Å². The Morgan fingerprint density at radius 3 is 3.18 bits per heavy atom. The second-order valence-electron chi connectivity index (χ2n) is 2.02. The van der Waals surface area contributed by atoms with E-state index in [0.29, 0.717) is 17.6 Å². The molecular weight excluding hydrogens is 214 g/mol. The molecule has 4 nitrogen and oxygen atoms in total. The fourth-order valence-electron chi connectivity index (χ4n) is 0.710. The number of hydrogen-bond donors (Lipinski definition) is 0. The lowest BCUT2D eigenvalue weighted by molar-refractivity contribution is -0.154. The maximum absolute atomic E-state index is 10.9. The molecule has 0 unspecified atom stereocenters. The summed E-state index contributed by atoms with van der Waals surface area (Å²) in [5.41, 5.74) is 0. The third-order valence-corrected chi connectivity index (χ3v) is 1.65. The van der Waals surface area contributed by atoms with Crippen LogP contribution in [-0.2, 0) is 14.4 Å². The Hall–Kier alpha value is -0.580. The third kappa shape index (κ3) is 2.18. The van der Waals surface area contributed by atoms with E-state index in [1.54, 1.807) is 6.92 Å². The zero-order valence-corrected chi connectivity index (χ0v) is 7.63. The van der Waals surface area contributed by atoms with Crippen LogP contribution < -0.4 is 0 Å². The van der Waals surface area contributed by atoms with E-state index >= 15 is 0 Å². The molecule has 1 aliphatic rings. The van der Waals surface area contributed by atoms with Gasteiger partial charge in [-0.2, -0.15) is 0 Å². The number of carbonyl (C=O) groups excluding carboxylic acids is 1. The zero-order valence-electron chi connectivity index (χ0n) is 6.04. The first-order valence-electron chi connectivity index (χ1n) is 3.29. The molecule has 0 saturated heterocycles. The minimum Gasteiger partial charge on any atom is -0.463 e. The van der Waals surface area contributed by atoms with Gasteiger partial charge in [0.05, 0.1) is 13.0 Å². The summed E-state index contributed by atoms with van der Waals surface area (Å²) in [5.74, 6) is -0.356. The number of esters is 1. The molecule has 0 fully saturated rings. The van der Waals surface area contributed by atoms with E-state index in [0.717, 1.165) is 0 Å². The minimum absolute atomic E-state index is 0.356. The molecule has 1 atom stereocenters. The van der Waals surface area contributed by atoms with Crippen LogP contribution in [0.25, 0.3) is 0 Å². The molecule has 62 valence electrons. The van der Waals surface area contributed by atoms with Crippen molar-refractivity contribution < 1.29 is 14.4 Å². The number of oxime groups is 1. The Labute approximate surface area is 72.7 Å². The van der Waals surface area contributed by atoms with Crippen LogP contribution in [0.4, 0.5) is 0 Å². The standard InChI is InChI=1S/C6H8BrNO3/c1-2-10-6(9)4-3-5(7)8-11-4/h4H,2-3H2,1H3/t4-/m0/s1. The molecule has 0 aromatic rings. The topological polar surface area (TPSA) is 47.9 Å². The van der Waals surface area contributed by atoms with Gasteiger partial charge in [-0.05, 0) is 22.9 Å². The molecule has 0 aromatic carbocycles. The smallest absolute Gasteiger partial charge is 0.350 e. The number of carbonyl (C=O) groups is 1. The van der Waals surface area contributed by atoms with Gasteiger partial charge in [0, 0.05) is 0 Å². The molecule has 1 rings (SSSR count). The molecule has 1 aliphatic heterocycles. The first-order valence-corrected chi connectivity index (χ1v) is 4.08. The van der Waals surface area contributed by atoms with Crippen molar-refractivity contribution in [3.63, 3.8) is 0 Å². The lowest BCUT2D eigenvalue weighted by atomic mass is 10.3. The Morgan fingerprint density at radius 1 is 2.00 bits per heavy atom. The summed E-state index contributed by atoms with van der Waals surface area (Å²) < 4.78 is 5.36. The lowest BCUT2D eigenvalue weighted by Gasteiger charge is -2.05. The molecule has 0 aromatic heterocycles. The van der Waals surface area contributed by atoms with Crippen LogP contribution in [0.15, 0.2) is 5.16 Å². The highest BCUT2D eigenvalue weighted by molar-refractivity contribution is 9.18. The van der Waals surface area contributed by atoms with Crippen LogP contribution in [0.2, 0.25) is 0 Å². The van der Waals surface area contributed by atoms with Crippen molar-refractivity contribution in [2.45, 2.75) is 19.4 Å². The number of rotatable bonds is 2. The Bertz CT molecular complexity index is 192. The number of halogens is 1. The number of nitrogens with zero attached hydrogens (tertiary/aromatic N) is 1. The first-order chi connectivity index (χ1) is 5.24. The van der Waals surface area contributed by atoms with Gasteiger partial charge in [0.1, 0.15) is 4.62 Å². The first kappa shape index (κ1) is 8.52. The molecule has 1 heterocycles. The van der Waals surface area contributed by atoms with E-state index < -0.39 is 6.10 Å². The molecule has 0 saturated carbocycles.